The summed E-state index contributed by atoms with van der Waals surface area (Å²) in [5.74, 6) is 0. The molecule has 2 nitrogen and oxygen atoms in total. The van der Waals surface area contributed by atoms with Crippen molar-refractivity contribution in [1.29, 1.82) is 10.5 Å². The van der Waals surface area contributed by atoms with E-state index in [1.807, 2.05) is 13.8 Å². The van der Waals surface area contributed by atoms with Gasteiger partial charge >= 0.3 is 0 Å². The molecule has 0 heterocycles. The number of alkyl halides is 2. The molecule has 0 N–H and O–H groups in total. The first-order valence-electron chi connectivity index (χ1n) is 4.77. The first kappa shape index (κ1) is 13.2. The lowest BCUT2D eigenvalue weighted by atomic mass is 9.96. The van der Waals surface area contributed by atoms with Crippen molar-refractivity contribution in [2.24, 2.45) is 0 Å². The molecule has 0 radical (unpaired) electrons. The molecule has 0 aliphatic heterocycles. The summed E-state index contributed by atoms with van der Waals surface area (Å²) in [6.45, 7) is 3.88. The molecule has 0 saturated heterocycles. The van der Waals surface area contributed by atoms with Crippen molar-refractivity contribution in [1.82, 2.24) is 0 Å². The van der Waals surface area contributed by atoms with Crippen LogP contribution in [0.4, 0.5) is 0 Å². The van der Waals surface area contributed by atoms with Crippen molar-refractivity contribution < 1.29 is 0 Å². The lowest BCUT2D eigenvalue weighted by Gasteiger charge is -2.12. The molecular weight excluding hydrogens is 332 g/mol. The number of nitriles is 2. The third-order valence-corrected chi connectivity index (χ3v) is 3.31. The highest BCUT2D eigenvalue weighted by Gasteiger charge is 2.15. The quantitative estimate of drug-likeness (QED) is 0.751. The topological polar surface area (TPSA) is 47.6 Å². The summed E-state index contributed by atoms with van der Waals surface area (Å²) in [5, 5.41) is 18.1. The van der Waals surface area contributed by atoms with Gasteiger partial charge in [0.05, 0.1) is 23.3 Å². The highest BCUT2D eigenvalue weighted by molar-refractivity contribution is 9.09. The minimum atomic E-state index is 0.0638. The van der Waals surface area contributed by atoms with E-state index in [1.54, 1.807) is 12.1 Å². The van der Waals surface area contributed by atoms with E-state index in [-0.39, 0.29) is 9.65 Å². The number of hydrogen-bond donors (Lipinski definition) is 0. The Hall–Kier alpha value is -0.840. The molecule has 0 amide bonds. The first-order chi connectivity index (χ1) is 7.51. The predicted molar refractivity (Wildman–Crippen MR) is 70.6 cm³/mol. The van der Waals surface area contributed by atoms with Gasteiger partial charge in [0.2, 0.25) is 0 Å². The molecule has 1 aromatic carbocycles. The lowest BCUT2D eigenvalue weighted by molar-refractivity contribution is 1.07. The van der Waals surface area contributed by atoms with Crippen molar-refractivity contribution in [2.45, 2.75) is 23.5 Å². The normalized spacial score (nSPS) is 13.6. The fourth-order valence-corrected chi connectivity index (χ4v) is 2.24. The van der Waals surface area contributed by atoms with E-state index in [9.17, 15) is 0 Å². The minimum Gasteiger partial charge on any atom is -0.192 e. The second-order valence-corrected chi connectivity index (χ2v) is 6.23. The lowest BCUT2D eigenvalue weighted by Crippen LogP contribution is -1.98. The van der Waals surface area contributed by atoms with E-state index in [2.05, 4.69) is 44.0 Å². The largest absolute Gasteiger partial charge is 0.192 e. The Morgan fingerprint density at radius 2 is 1.25 bits per heavy atom. The maximum atomic E-state index is 9.07. The van der Waals surface area contributed by atoms with Crippen molar-refractivity contribution >= 4 is 31.9 Å². The monoisotopic (exact) mass is 340 g/mol. The van der Waals surface area contributed by atoms with E-state index in [4.69, 9.17) is 10.5 Å². The summed E-state index contributed by atoms with van der Waals surface area (Å²) in [6.07, 6.45) is 0. The molecule has 1 rings (SSSR count). The van der Waals surface area contributed by atoms with Gasteiger partial charge in [0.1, 0.15) is 0 Å². The standard InChI is InChI=1S/C12H10Br2N2/c1-7(13)11-3-10(6-16)12(8(2)14)4-9(11)5-15/h3-4,7-8H,1-2H3. The second-order valence-electron chi connectivity index (χ2n) is 3.48. The number of halogens is 2. The zero-order chi connectivity index (χ0) is 12.3. The van der Waals surface area contributed by atoms with E-state index in [0.717, 1.165) is 11.1 Å². The molecule has 16 heavy (non-hydrogen) atoms. The van der Waals surface area contributed by atoms with Gasteiger partial charge in [-0.15, -0.1) is 0 Å². The summed E-state index contributed by atoms with van der Waals surface area (Å²) in [6, 6.07) is 7.89. The van der Waals surface area contributed by atoms with Gasteiger partial charge < -0.3 is 0 Å². The number of nitrogens with zero attached hydrogens (tertiary/aromatic N) is 2. The molecule has 0 aromatic heterocycles. The minimum absolute atomic E-state index is 0.0638. The maximum absolute atomic E-state index is 9.07. The smallest absolute Gasteiger partial charge is 0.0995 e. The van der Waals surface area contributed by atoms with Gasteiger partial charge in [0, 0.05) is 9.65 Å². The zero-order valence-electron chi connectivity index (χ0n) is 8.96. The summed E-state index contributed by atoms with van der Waals surface area (Å²) in [5.41, 5.74) is 2.95. The molecule has 0 aliphatic rings. The van der Waals surface area contributed by atoms with Crippen LogP contribution < -0.4 is 0 Å². The van der Waals surface area contributed by atoms with Crippen LogP contribution >= 0.6 is 31.9 Å². The van der Waals surface area contributed by atoms with Crippen LogP contribution in [-0.2, 0) is 0 Å². The molecule has 4 heteroatoms. The fourth-order valence-electron chi connectivity index (χ4n) is 1.49. The summed E-state index contributed by atoms with van der Waals surface area (Å²) in [4.78, 5) is 0.128. The summed E-state index contributed by atoms with van der Waals surface area (Å²) < 4.78 is 0. The van der Waals surface area contributed by atoms with Crippen molar-refractivity contribution in [2.75, 3.05) is 0 Å². The van der Waals surface area contributed by atoms with Crippen molar-refractivity contribution in [3.8, 4) is 12.1 Å². The van der Waals surface area contributed by atoms with Gasteiger partial charge in [-0.05, 0) is 37.1 Å². The Morgan fingerprint density at radius 1 is 0.938 bits per heavy atom. The van der Waals surface area contributed by atoms with Crippen LogP contribution in [0.1, 0.15) is 45.8 Å². The van der Waals surface area contributed by atoms with E-state index >= 15 is 0 Å². The van der Waals surface area contributed by atoms with Crippen LogP contribution in [0, 0.1) is 22.7 Å². The van der Waals surface area contributed by atoms with Gasteiger partial charge in [0.25, 0.3) is 0 Å². The number of hydrogen-bond acceptors (Lipinski definition) is 2. The van der Waals surface area contributed by atoms with E-state index in [1.165, 1.54) is 0 Å². The van der Waals surface area contributed by atoms with Crippen LogP contribution in [-0.4, -0.2) is 0 Å². The van der Waals surface area contributed by atoms with E-state index < -0.39 is 0 Å². The van der Waals surface area contributed by atoms with Crippen LogP contribution in [0.5, 0.6) is 0 Å². The van der Waals surface area contributed by atoms with Crippen molar-refractivity contribution in [3.63, 3.8) is 0 Å². The molecule has 0 bridgehead atoms. The summed E-state index contributed by atoms with van der Waals surface area (Å²) in [7, 11) is 0. The fraction of sp³-hybridized carbons (Fsp3) is 0.333. The number of benzene rings is 1. The maximum Gasteiger partial charge on any atom is 0.0995 e. The Balaban J connectivity index is 3.50. The Kier molecular flexibility index (Phi) is 4.53. The molecule has 0 aliphatic carbocycles. The average molecular weight is 342 g/mol. The zero-order valence-corrected chi connectivity index (χ0v) is 12.1. The third-order valence-electron chi connectivity index (χ3n) is 2.32. The molecule has 0 fully saturated rings. The van der Waals surface area contributed by atoms with Crippen LogP contribution in [0.3, 0.4) is 0 Å². The van der Waals surface area contributed by atoms with Gasteiger partial charge in [0.15, 0.2) is 0 Å². The third kappa shape index (κ3) is 2.64. The molecule has 0 spiro atoms. The molecule has 2 atom stereocenters. The molecular formula is C12H10Br2N2. The molecule has 2 unspecified atom stereocenters. The second kappa shape index (κ2) is 5.48. The highest BCUT2D eigenvalue weighted by atomic mass is 79.9. The van der Waals surface area contributed by atoms with Gasteiger partial charge in [-0.1, -0.05) is 31.9 Å². The molecule has 1 aromatic rings. The highest BCUT2D eigenvalue weighted by Crippen LogP contribution is 2.32. The van der Waals surface area contributed by atoms with Gasteiger partial charge in [-0.3, -0.25) is 0 Å². The Bertz CT molecular complexity index is 433. The predicted octanol–water partition coefficient (Wildman–Crippen LogP) is 4.34. The van der Waals surface area contributed by atoms with Crippen LogP contribution in [0.2, 0.25) is 0 Å². The average Bonchev–Trinajstić information content (AvgIpc) is 2.26. The van der Waals surface area contributed by atoms with E-state index in [0.29, 0.717) is 11.1 Å². The first-order valence-corrected chi connectivity index (χ1v) is 6.60. The van der Waals surface area contributed by atoms with Crippen LogP contribution in [0.15, 0.2) is 12.1 Å². The Labute approximate surface area is 112 Å². The number of rotatable bonds is 2. The Morgan fingerprint density at radius 3 is 1.44 bits per heavy atom. The SMILES string of the molecule is CC(Br)c1cc(C#N)c(C(C)Br)cc1C#N. The molecule has 0 saturated carbocycles. The van der Waals surface area contributed by atoms with Gasteiger partial charge in [-0.25, -0.2) is 0 Å². The van der Waals surface area contributed by atoms with Crippen LogP contribution in [0.25, 0.3) is 0 Å². The molecule has 82 valence electrons. The van der Waals surface area contributed by atoms with Crippen molar-refractivity contribution in [3.05, 3.63) is 34.4 Å². The summed E-state index contributed by atoms with van der Waals surface area (Å²) >= 11 is 6.85. The van der Waals surface area contributed by atoms with Gasteiger partial charge in [-0.2, -0.15) is 10.5 Å².